The number of rotatable bonds is 12. The molecular formula is C47H54B2O12. The van der Waals surface area contributed by atoms with Gasteiger partial charge in [0.1, 0.15) is 23.0 Å². The SMILES string of the molecule is COC(=O)COc1ccc2c3c(ccc2c1C/C=C/B1OC(C)(C)C(C)(C)O1)OC1CC3c2c(ccc3c(C/C=C/B4OC(C)(C)C(C)(C)O4)c(OCC(=O)OC)ccc23)O1. The van der Waals surface area contributed by atoms with Gasteiger partial charge in [-0.05, 0) is 114 Å². The maximum absolute atomic E-state index is 12.2. The number of methoxy groups -OCH3 is 2. The van der Waals surface area contributed by atoms with Crippen molar-refractivity contribution in [3.63, 3.8) is 0 Å². The molecule has 0 aromatic heterocycles. The fourth-order valence-electron chi connectivity index (χ4n) is 8.41. The molecule has 0 atom stereocenters. The highest BCUT2D eigenvalue weighted by Crippen LogP contribution is 2.53. The third-order valence-corrected chi connectivity index (χ3v) is 13.1. The van der Waals surface area contributed by atoms with E-state index in [0.29, 0.717) is 30.8 Å². The van der Waals surface area contributed by atoms with Crippen LogP contribution in [0.15, 0.2) is 72.6 Å². The lowest BCUT2D eigenvalue weighted by Gasteiger charge is -2.39. The van der Waals surface area contributed by atoms with Gasteiger partial charge in [-0.25, -0.2) is 9.59 Å². The summed E-state index contributed by atoms with van der Waals surface area (Å²) in [7, 11) is 1.65. The molecule has 8 rings (SSSR count). The van der Waals surface area contributed by atoms with E-state index in [0.717, 1.165) is 55.3 Å². The minimum atomic E-state index is -0.514. The molecule has 14 heteroatoms. The molecule has 0 saturated carbocycles. The molecule has 4 aliphatic rings. The Bertz CT molecular complexity index is 2240. The normalized spacial score (nSPS) is 21.6. The Kier molecular flexibility index (Phi) is 11.2. The average molecular weight is 833 g/mol. The monoisotopic (exact) mass is 832 g/mol. The van der Waals surface area contributed by atoms with E-state index < -0.39 is 54.9 Å². The standard InChI is InChI=1S/C47H54B2O12/c1-44(2)45(3,4)59-48(58-44)23-11-13-30-28-15-21-37-42(32(28)17-19-35(30)54-26-39(50)52-9)34-25-41(56-37)57-38-22-16-29-31(14-12-24-49-60-46(5,6)47(7,8)61-49)36(55-27-40(51)53-10)20-18-33(29)43(34)38/h11-12,15-24,34,41H,13-14,25-27H2,1-10H3/b23-11+,24-12+. The summed E-state index contributed by atoms with van der Waals surface area (Å²) in [6, 6.07) is 16.0. The quantitative estimate of drug-likeness (QED) is 0.101. The summed E-state index contributed by atoms with van der Waals surface area (Å²) in [6.07, 6.45) is 5.11. The highest BCUT2D eigenvalue weighted by atomic mass is 16.7. The molecule has 4 aromatic carbocycles. The lowest BCUT2D eigenvalue weighted by molar-refractivity contribution is -0.143. The highest BCUT2D eigenvalue weighted by molar-refractivity contribution is 6.52. The Balaban J connectivity index is 1.20. The number of carbonyl (C=O) groups is 2. The zero-order valence-electron chi connectivity index (χ0n) is 36.7. The second-order valence-corrected chi connectivity index (χ2v) is 17.9. The van der Waals surface area contributed by atoms with E-state index in [-0.39, 0.29) is 19.1 Å². The van der Waals surface area contributed by atoms with Gasteiger partial charge in [0.15, 0.2) is 13.2 Å². The molecule has 12 nitrogen and oxygen atoms in total. The second-order valence-electron chi connectivity index (χ2n) is 17.9. The number of fused-ring (bicyclic) bond motifs is 10. The van der Waals surface area contributed by atoms with E-state index in [4.69, 9.17) is 47.0 Å². The summed E-state index contributed by atoms with van der Waals surface area (Å²) in [5.41, 5.74) is 1.98. The van der Waals surface area contributed by atoms with Gasteiger partial charge >= 0.3 is 26.2 Å². The topological polar surface area (TPSA) is 126 Å². The van der Waals surface area contributed by atoms with Crippen LogP contribution >= 0.6 is 0 Å². The summed E-state index contributed by atoms with van der Waals surface area (Å²) in [5, 5.41) is 3.92. The van der Waals surface area contributed by atoms with E-state index in [1.807, 2.05) is 128 Å². The molecule has 2 fully saturated rings. The van der Waals surface area contributed by atoms with Gasteiger partial charge in [0, 0.05) is 34.6 Å². The van der Waals surface area contributed by atoms with Crippen LogP contribution in [0.1, 0.15) is 90.0 Å². The summed E-state index contributed by atoms with van der Waals surface area (Å²) in [6.45, 7) is 15.7. The lowest BCUT2D eigenvalue weighted by atomic mass is 9.78. The second kappa shape index (κ2) is 16.0. The molecule has 2 bridgehead atoms. The molecule has 0 amide bonds. The third-order valence-electron chi connectivity index (χ3n) is 13.1. The first-order valence-electron chi connectivity index (χ1n) is 20.9. The zero-order chi connectivity index (χ0) is 43.5. The number of allylic oxidation sites excluding steroid dienone is 2. The zero-order valence-corrected chi connectivity index (χ0v) is 36.7. The van der Waals surface area contributed by atoms with Crippen LogP contribution < -0.4 is 18.9 Å². The average Bonchev–Trinajstić information content (AvgIpc) is 3.56. The molecule has 0 aliphatic carbocycles. The van der Waals surface area contributed by atoms with Crippen LogP contribution in [-0.4, -0.2) is 82.3 Å². The summed E-state index contributed by atoms with van der Waals surface area (Å²) >= 11 is 0. The molecule has 0 radical (unpaired) electrons. The van der Waals surface area contributed by atoms with Gasteiger partial charge in [-0.3, -0.25) is 0 Å². The number of ether oxygens (including phenoxy) is 6. The number of carbonyl (C=O) groups excluding carboxylic acids is 2. The first-order valence-corrected chi connectivity index (χ1v) is 20.9. The summed E-state index contributed by atoms with van der Waals surface area (Å²) in [4.78, 5) is 24.5. The van der Waals surface area contributed by atoms with Gasteiger partial charge < -0.3 is 47.0 Å². The number of hydrogen-bond donors (Lipinski definition) is 0. The third kappa shape index (κ3) is 7.99. The van der Waals surface area contributed by atoms with Gasteiger partial charge in [-0.15, -0.1) is 0 Å². The van der Waals surface area contributed by atoms with Crippen molar-refractivity contribution in [2.24, 2.45) is 0 Å². The van der Waals surface area contributed by atoms with Crippen molar-refractivity contribution >= 4 is 47.7 Å². The number of esters is 2. The maximum Gasteiger partial charge on any atom is 0.486 e. The van der Waals surface area contributed by atoms with Gasteiger partial charge in [0.2, 0.25) is 6.29 Å². The summed E-state index contributed by atoms with van der Waals surface area (Å²) in [5.74, 6) is 5.42. The minimum Gasteiger partial charge on any atom is -0.482 e. The lowest BCUT2D eigenvalue weighted by Crippen LogP contribution is -2.41. The molecule has 2 saturated heterocycles. The van der Waals surface area contributed by atoms with Crippen molar-refractivity contribution in [1.29, 1.82) is 0 Å². The maximum atomic E-state index is 12.2. The highest BCUT2D eigenvalue weighted by Gasteiger charge is 2.51. The van der Waals surface area contributed by atoms with E-state index >= 15 is 0 Å². The largest absolute Gasteiger partial charge is 0.486 e. The van der Waals surface area contributed by atoms with Crippen LogP contribution in [0, 0.1) is 0 Å². The smallest absolute Gasteiger partial charge is 0.482 e. The fourth-order valence-corrected chi connectivity index (χ4v) is 8.41. The first kappa shape index (κ1) is 42.7. The molecular weight excluding hydrogens is 778 g/mol. The van der Waals surface area contributed by atoms with E-state index in [1.54, 1.807) is 0 Å². The Morgan fingerprint density at radius 2 is 0.967 bits per heavy atom. The predicted octanol–water partition coefficient (Wildman–Crippen LogP) is 8.19. The molecule has 4 heterocycles. The van der Waals surface area contributed by atoms with E-state index in [9.17, 15) is 9.59 Å². The van der Waals surface area contributed by atoms with Gasteiger partial charge in [-0.1, -0.05) is 48.4 Å². The molecule has 320 valence electrons. The Morgan fingerprint density at radius 3 is 1.34 bits per heavy atom. The Hall–Kier alpha value is -5.01. The number of hydrogen-bond acceptors (Lipinski definition) is 12. The van der Waals surface area contributed by atoms with Gasteiger partial charge in [-0.2, -0.15) is 0 Å². The molecule has 0 unspecified atom stereocenters. The van der Waals surface area contributed by atoms with Gasteiger partial charge in [0.05, 0.1) is 36.6 Å². The van der Waals surface area contributed by atoms with E-state index in [1.165, 1.54) is 14.2 Å². The first-order chi connectivity index (χ1) is 28.9. The van der Waals surface area contributed by atoms with Crippen LogP contribution in [-0.2, 0) is 50.5 Å². The molecule has 4 aromatic rings. The van der Waals surface area contributed by atoms with Crippen molar-refractivity contribution in [2.75, 3.05) is 27.4 Å². The summed E-state index contributed by atoms with van der Waals surface area (Å²) < 4.78 is 59.9. The van der Waals surface area contributed by atoms with Crippen LogP contribution in [0.4, 0.5) is 0 Å². The van der Waals surface area contributed by atoms with Crippen LogP contribution in [0.25, 0.3) is 21.5 Å². The minimum absolute atomic E-state index is 0.102. The molecule has 61 heavy (non-hydrogen) atoms. The van der Waals surface area contributed by atoms with Crippen molar-refractivity contribution in [3.8, 4) is 23.0 Å². The molecule has 4 aliphatic heterocycles. The van der Waals surface area contributed by atoms with Crippen LogP contribution in [0.2, 0.25) is 0 Å². The Labute approximate surface area is 358 Å². The van der Waals surface area contributed by atoms with Crippen molar-refractivity contribution < 1.29 is 56.6 Å². The van der Waals surface area contributed by atoms with Crippen molar-refractivity contribution in [1.82, 2.24) is 0 Å². The van der Waals surface area contributed by atoms with Crippen LogP contribution in [0.5, 0.6) is 23.0 Å². The van der Waals surface area contributed by atoms with Gasteiger partial charge in [0.25, 0.3) is 0 Å². The van der Waals surface area contributed by atoms with E-state index in [2.05, 4.69) is 0 Å². The molecule has 0 N–H and O–H groups in total. The number of benzene rings is 4. The predicted molar refractivity (Wildman–Crippen MR) is 232 cm³/mol. The van der Waals surface area contributed by atoms with Crippen molar-refractivity contribution in [3.05, 3.63) is 94.9 Å². The van der Waals surface area contributed by atoms with Crippen LogP contribution in [0.3, 0.4) is 0 Å². The Morgan fingerprint density at radius 1 is 0.590 bits per heavy atom. The molecule has 0 spiro atoms. The van der Waals surface area contributed by atoms with Crippen molar-refractivity contribution in [2.45, 2.75) is 109 Å². The fraction of sp³-hybridized carbons (Fsp3) is 0.447.